The van der Waals surface area contributed by atoms with E-state index in [-0.39, 0.29) is 12.5 Å². The fraction of sp³-hybridized carbons (Fsp3) is 0.611. The maximum Gasteiger partial charge on any atom is 0.224 e. The van der Waals surface area contributed by atoms with E-state index in [2.05, 4.69) is 29.3 Å². The van der Waals surface area contributed by atoms with Gasteiger partial charge in [0.2, 0.25) is 5.91 Å². The molecule has 0 spiro atoms. The van der Waals surface area contributed by atoms with Crippen molar-refractivity contribution < 1.29 is 9.90 Å². The predicted octanol–water partition coefficient (Wildman–Crippen LogP) is 2.79. The smallest absolute Gasteiger partial charge is 0.224 e. The number of aliphatic hydroxyl groups excluding tert-OH is 1. The van der Waals surface area contributed by atoms with Gasteiger partial charge in [0.15, 0.2) is 0 Å². The maximum absolute atomic E-state index is 12.1. The minimum atomic E-state index is 0.0785. The molecular weight excluding hydrogens is 276 g/mol. The number of hydrogen-bond donors (Lipinski definition) is 2. The molecule has 2 rings (SSSR count). The van der Waals surface area contributed by atoms with E-state index in [4.69, 9.17) is 0 Å². The van der Waals surface area contributed by atoms with Crippen molar-refractivity contribution in [3.8, 4) is 0 Å². The van der Waals surface area contributed by atoms with E-state index < -0.39 is 0 Å². The Morgan fingerprint density at radius 3 is 2.64 bits per heavy atom. The number of carbonyl (C=O) groups is 1. The molecule has 4 heteroatoms. The number of carbonyl (C=O) groups excluding carboxylic acids is 1. The lowest BCUT2D eigenvalue weighted by molar-refractivity contribution is -0.116. The van der Waals surface area contributed by atoms with Gasteiger partial charge in [-0.25, -0.2) is 0 Å². The van der Waals surface area contributed by atoms with Gasteiger partial charge in [0.05, 0.1) is 6.61 Å². The van der Waals surface area contributed by atoms with Crippen molar-refractivity contribution >= 4 is 11.6 Å². The molecule has 122 valence electrons. The molecule has 1 amide bonds. The number of nitrogens with one attached hydrogen (secondary N) is 1. The lowest BCUT2D eigenvalue weighted by atomic mass is 10.0. The molecular formula is C18H28N2O2. The van der Waals surface area contributed by atoms with Crippen molar-refractivity contribution in [1.82, 2.24) is 4.90 Å². The number of rotatable bonds is 6. The summed E-state index contributed by atoms with van der Waals surface area (Å²) in [7, 11) is 0. The molecule has 0 saturated carbocycles. The molecule has 1 aromatic rings. The normalized spacial score (nSPS) is 18.6. The van der Waals surface area contributed by atoms with Gasteiger partial charge >= 0.3 is 0 Å². The van der Waals surface area contributed by atoms with Crippen molar-refractivity contribution in [3.05, 3.63) is 28.8 Å². The SMILES string of the molecule is Cc1cc(C)c(NC(=O)CCCN2CCCC2CO)c(C)c1. The number of hydrogen-bond acceptors (Lipinski definition) is 3. The van der Waals surface area contributed by atoms with Gasteiger partial charge in [-0.2, -0.15) is 0 Å². The number of nitrogens with zero attached hydrogens (tertiary/aromatic N) is 1. The summed E-state index contributed by atoms with van der Waals surface area (Å²) in [6, 6.07) is 4.49. The number of anilines is 1. The Hall–Kier alpha value is -1.39. The summed E-state index contributed by atoms with van der Waals surface area (Å²) in [4.78, 5) is 14.4. The van der Waals surface area contributed by atoms with Crippen LogP contribution in [0, 0.1) is 20.8 Å². The van der Waals surface area contributed by atoms with Gasteiger partial charge in [-0.1, -0.05) is 17.7 Å². The minimum absolute atomic E-state index is 0.0785. The van der Waals surface area contributed by atoms with Gasteiger partial charge in [0.1, 0.15) is 0 Å². The predicted molar refractivity (Wildman–Crippen MR) is 90.2 cm³/mol. The zero-order chi connectivity index (χ0) is 16.1. The number of amides is 1. The molecule has 0 radical (unpaired) electrons. The first kappa shape index (κ1) is 17.0. The first-order valence-corrected chi connectivity index (χ1v) is 8.24. The summed E-state index contributed by atoms with van der Waals surface area (Å²) in [5.74, 6) is 0.0785. The fourth-order valence-electron chi connectivity index (χ4n) is 3.42. The number of aryl methyl sites for hydroxylation is 3. The zero-order valence-corrected chi connectivity index (χ0v) is 14.0. The maximum atomic E-state index is 12.1. The zero-order valence-electron chi connectivity index (χ0n) is 14.0. The first-order chi connectivity index (χ1) is 10.5. The highest BCUT2D eigenvalue weighted by molar-refractivity contribution is 5.92. The van der Waals surface area contributed by atoms with Crippen molar-refractivity contribution in [2.45, 2.75) is 52.5 Å². The van der Waals surface area contributed by atoms with Crippen LogP contribution in [0.2, 0.25) is 0 Å². The van der Waals surface area contributed by atoms with Gasteiger partial charge in [0.25, 0.3) is 0 Å². The number of likely N-dealkylation sites (tertiary alicyclic amines) is 1. The summed E-state index contributed by atoms with van der Waals surface area (Å²) >= 11 is 0. The van der Waals surface area contributed by atoms with Gasteiger partial charge < -0.3 is 10.4 Å². The van der Waals surface area contributed by atoms with Crippen LogP contribution in [0.4, 0.5) is 5.69 Å². The van der Waals surface area contributed by atoms with Gasteiger partial charge in [-0.05, 0) is 64.3 Å². The average molecular weight is 304 g/mol. The summed E-state index contributed by atoms with van der Waals surface area (Å²) < 4.78 is 0. The van der Waals surface area contributed by atoms with Gasteiger partial charge in [0, 0.05) is 18.2 Å². The average Bonchev–Trinajstić information content (AvgIpc) is 2.90. The molecule has 0 bridgehead atoms. The second kappa shape index (κ2) is 7.75. The van der Waals surface area contributed by atoms with Gasteiger partial charge in [-0.3, -0.25) is 9.69 Å². The molecule has 1 unspecified atom stereocenters. The van der Waals surface area contributed by atoms with Crippen LogP contribution in [0.5, 0.6) is 0 Å². The third kappa shape index (κ3) is 4.31. The quantitative estimate of drug-likeness (QED) is 0.849. The van der Waals surface area contributed by atoms with Crippen LogP contribution in [0.3, 0.4) is 0 Å². The van der Waals surface area contributed by atoms with Crippen molar-refractivity contribution in [2.75, 3.05) is 25.0 Å². The van der Waals surface area contributed by atoms with Gasteiger partial charge in [-0.15, -0.1) is 0 Å². The summed E-state index contributed by atoms with van der Waals surface area (Å²) in [6.45, 7) is 8.30. The molecule has 1 atom stereocenters. The Balaban J connectivity index is 1.81. The molecule has 1 aliphatic rings. The molecule has 0 aromatic heterocycles. The van der Waals surface area contributed by atoms with E-state index in [0.29, 0.717) is 12.5 Å². The van der Waals surface area contributed by atoms with E-state index >= 15 is 0 Å². The largest absolute Gasteiger partial charge is 0.395 e. The molecule has 4 nitrogen and oxygen atoms in total. The third-order valence-corrected chi connectivity index (χ3v) is 4.50. The topological polar surface area (TPSA) is 52.6 Å². The molecule has 22 heavy (non-hydrogen) atoms. The lowest BCUT2D eigenvalue weighted by Crippen LogP contribution is -2.33. The highest BCUT2D eigenvalue weighted by Crippen LogP contribution is 2.22. The fourth-order valence-corrected chi connectivity index (χ4v) is 3.42. The number of benzene rings is 1. The Kier molecular flexibility index (Phi) is 5.98. The molecule has 1 aromatic carbocycles. The van der Waals surface area contributed by atoms with Crippen LogP contribution in [-0.2, 0) is 4.79 Å². The summed E-state index contributed by atoms with van der Waals surface area (Å²) in [5.41, 5.74) is 4.40. The van der Waals surface area contributed by atoms with E-state index in [1.807, 2.05) is 13.8 Å². The molecule has 1 heterocycles. The molecule has 1 fully saturated rings. The van der Waals surface area contributed by atoms with E-state index in [1.54, 1.807) is 0 Å². The second-order valence-corrected chi connectivity index (χ2v) is 6.44. The summed E-state index contributed by atoms with van der Waals surface area (Å²) in [6.07, 6.45) is 3.59. The van der Waals surface area contributed by atoms with Crippen molar-refractivity contribution in [1.29, 1.82) is 0 Å². The van der Waals surface area contributed by atoms with Crippen molar-refractivity contribution in [2.24, 2.45) is 0 Å². The standard InChI is InChI=1S/C18H28N2O2/c1-13-10-14(2)18(15(3)11-13)19-17(22)7-5-9-20-8-4-6-16(20)12-21/h10-11,16,21H,4-9,12H2,1-3H3,(H,19,22). The lowest BCUT2D eigenvalue weighted by Gasteiger charge is -2.22. The van der Waals surface area contributed by atoms with Crippen LogP contribution >= 0.6 is 0 Å². The number of aliphatic hydroxyl groups is 1. The van der Waals surface area contributed by atoms with Crippen LogP contribution in [0.1, 0.15) is 42.4 Å². The van der Waals surface area contributed by atoms with Crippen molar-refractivity contribution in [3.63, 3.8) is 0 Å². The summed E-state index contributed by atoms with van der Waals surface area (Å²) in [5, 5.41) is 12.4. The third-order valence-electron chi connectivity index (χ3n) is 4.50. The Labute approximate surface area is 133 Å². The van der Waals surface area contributed by atoms with E-state index in [9.17, 15) is 9.90 Å². The highest BCUT2D eigenvalue weighted by Gasteiger charge is 2.23. The van der Waals surface area contributed by atoms with E-state index in [0.717, 1.165) is 49.2 Å². The Morgan fingerprint density at radius 2 is 2.00 bits per heavy atom. The van der Waals surface area contributed by atoms with Crippen LogP contribution in [0.25, 0.3) is 0 Å². The molecule has 1 aliphatic heterocycles. The highest BCUT2D eigenvalue weighted by atomic mass is 16.3. The molecule has 0 aliphatic carbocycles. The minimum Gasteiger partial charge on any atom is -0.395 e. The van der Waals surface area contributed by atoms with Crippen LogP contribution < -0.4 is 5.32 Å². The molecule has 2 N–H and O–H groups in total. The van der Waals surface area contributed by atoms with Crippen LogP contribution in [-0.4, -0.2) is 41.7 Å². The second-order valence-electron chi connectivity index (χ2n) is 6.44. The molecule has 1 saturated heterocycles. The monoisotopic (exact) mass is 304 g/mol. The first-order valence-electron chi connectivity index (χ1n) is 8.24. The van der Waals surface area contributed by atoms with Crippen LogP contribution in [0.15, 0.2) is 12.1 Å². The Morgan fingerprint density at radius 1 is 1.32 bits per heavy atom. The Bertz CT molecular complexity index is 505. The van der Waals surface area contributed by atoms with E-state index in [1.165, 1.54) is 5.56 Å².